The van der Waals surface area contributed by atoms with Gasteiger partial charge in [-0.1, -0.05) is 35.9 Å². The number of H-pyrrole nitrogens is 1. The van der Waals surface area contributed by atoms with Crippen LogP contribution in [-0.4, -0.2) is 21.1 Å². The fourth-order valence-electron chi connectivity index (χ4n) is 3.74. The molecule has 0 saturated heterocycles. The Hall–Kier alpha value is -3.45. The molecule has 2 aromatic heterocycles. The molecule has 6 nitrogen and oxygen atoms in total. The number of carbonyl (C=O) groups is 1. The third kappa shape index (κ3) is 2.36. The molecule has 0 saturated carbocycles. The van der Waals surface area contributed by atoms with Crippen LogP contribution >= 0.6 is 11.6 Å². The van der Waals surface area contributed by atoms with E-state index in [4.69, 9.17) is 17.3 Å². The van der Waals surface area contributed by atoms with Gasteiger partial charge in [-0.3, -0.25) is 4.79 Å². The predicted octanol–water partition coefficient (Wildman–Crippen LogP) is 4.03. The maximum atomic E-state index is 13.6. The molecule has 8 heteroatoms. The van der Waals surface area contributed by atoms with Crippen LogP contribution in [0.2, 0.25) is 5.02 Å². The summed E-state index contributed by atoms with van der Waals surface area (Å²) in [5.74, 6) is -1.08. The summed E-state index contributed by atoms with van der Waals surface area (Å²) in [6.45, 7) is 0. The van der Waals surface area contributed by atoms with Crippen LogP contribution in [0, 0.1) is 5.82 Å². The van der Waals surface area contributed by atoms with Crippen molar-refractivity contribution in [2.75, 3.05) is 5.32 Å². The van der Waals surface area contributed by atoms with E-state index in [9.17, 15) is 9.18 Å². The number of nitrogens with two attached hydrogens (primary N) is 1. The van der Waals surface area contributed by atoms with Gasteiger partial charge >= 0.3 is 0 Å². The zero-order chi connectivity index (χ0) is 19.4. The van der Waals surface area contributed by atoms with Gasteiger partial charge in [0, 0.05) is 39.0 Å². The van der Waals surface area contributed by atoms with Gasteiger partial charge in [-0.05, 0) is 23.8 Å². The molecule has 28 heavy (non-hydrogen) atoms. The zero-order valence-electron chi connectivity index (χ0n) is 14.3. The third-order valence-corrected chi connectivity index (χ3v) is 5.27. The van der Waals surface area contributed by atoms with E-state index in [1.165, 1.54) is 12.1 Å². The summed E-state index contributed by atoms with van der Waals surface area (Å²) >= 11 is 6.36. The summed E-state index contributed by atoms with van der Waals surface area (Å²) in [5.41, 5.74) is 9.87. The molecule has 0 fully saturated rings. The van der Waals surface area contributed by atoms with Crippen molar-refractivity contribution in [3.8, 4) is 11.1 Å². The first kappa shape index (κ1) is 16.7. The molecule has 138 valence electrons. The smallest absolute Gasteiger partial charge is 0.269 e. The van der Waals surface area contributed by atoms with Crippen molar-refractivity contribution in [1.29, 1.82) is 0 Å². The summed E-state index contributed by atoms with van der Waals surface area (Å²) in [5, 5.41) is 12.6. The molecule has 1 aliphatic heterocycles. The van der Waals surface area contributed by atoms with Crippen LogP contribution in [0.5, 0.6) is 0 Å². The molecule has 4 N–H and O–H groups in total. The van der Waals surface area contributed by atoms with Crippen molar-refractivity contribution in [3.63, 3.8) is 0 Å². The van der Waals surface area contributed by atoms with Crippen molar-refractivity contribution in [3.05, 3.63) is 76.3 Å². The highest BCUT2D eigenvalue weighted by molar-refractivity contribution is 6.31. The standard InChI is InChI=1S/C20H13ClFN5O/c21-13-7-9(22)5-6-10(13)17-12-8-24-20-16(12)15(18(19(23)28)26-27-20)11-3-1-2-4-14(11)25-17/h1-8,17,25H,(H2,23,28)(H,24,27). The lowest BCUT2D eigenvalue weighted by Crippen LogP contribution is -2.15. The quantitative estimate of drug-likeness (QED) is 0.479. The number of amides is 1. The number of aromatic amines is 1. The van der Waals surface area contributed by atoms with Gasteiger partial charge in [0.2, 0.25) is 0 Å². The van der Waals surface area contributed by atoms with Gasteiger partial charge in [-0.25, -0.2) is 4.39 Å². The summed E-state index contributed by atoms with van der Waals surface area (Å²) in [6.07, 6.45) is 1.79. The molecular weight excluding hydrogens is 381 g/mol. The van der Waals surface area contributed by atoms with E-state index >= 15 is 0 Å². The molecule has 1 unspecified atom stereocenters. The number of benzene rings is 2. The van der Waals surface area contributed by atoms with Gasteiger partial charge in [-0.15, -0.1) is 10.2 Å². The highest BCUT2D eigenvalue weighted by atomic mass is 35.5. The Labute approximate surface area is 163 Å². The van der Waals surface area contributed by atoms with Crippen molar-refractivity contribution < 1.29 is 9.18 Å². The summed E-state index contributed by atoms with van der Waals surface area (Å²) in [7, 11) is 0. The van der Waals surface area contributed by atoms with E-state index in [2.05, 4.69) is 20.5 Å². The first-order chi connectivity index (χ1) is 13.5. The average Bonchev–Trinajstić information content (AvgIpc) is 3.04. The van der Waals surface area contributed by atoms with E-state index in [1.54, 1.807) is 12.3 Å². The van der Waals surface area contributed by atoms with E-state index in [0.717, 1.165) is 22.2 Å². The van der Waals surface area contributed by atoms with Gasteiger partial charge in [0.25, 0.3) is 5.91 Å². The Morgan fingerprint density at radius 1 is 1.14 bits per heavy atom. The van der Waals surface area contributed by atoms with Crippen molar-refractivity contribution in [2.24, 2.45) is 5.73 Å². The Balaban J connectivity index is 1.89. The number of anilines is 1. The lowest BCUT2D eigenvalue weighted by molar-refractivity contribution is 0.0995. The normalized spacial score (nSPS) is 15.0. The van der Waals surface area contributed by atoms with Crippen molar-refractivity contribution in [2.45, 2.75) is 6.04 Å². The van der Waals surface area contributed by atoms with Crippen LogP contribution in [-0.2, 0) is 0 Å². The fraction of sp³-hybridized carbons (Fsp3) is 0.0500. The third-order valence-electron chi connectivity index (χ3n) is 4.94. The van der Waals surface area contributed by atoms with Gasteiger partial charge < -0.3 is 16.0 Å². The molecule has 1 aliphatic rings. The van der Waals surface area contributed by atoms with Gasteiger partial charge in [0.05, 0.1) is 6.04 Å². The molecule has 0 spiro atoms. The molecule has 2 aromatic carbocycles. The van der Waals surface area contributed by atoms with Crippen LogP contribution in [0.1, 0.15) is 27.7 Å². The second-order valence-corrected chi connectivity index (χ2v) is 6.95. The molecule has 1 amide bonds. The maximum absolute atomic E-state index is 13.6. The van der Waals surface area contributed by atoms with Crippen molar-refractivity contribution >= 4 is 34.2 Å². The molecule has 0 aliphatic carbocycles. The Kier molecular flexibility index (Phi) is 3.60. The Morgan fingerprint density at radius 3 is 2.75 bits per heavy atom. The second-order valence-electron chi connectivity index (χ2n) is 6.54. The van der Waals surface area contributed by atoms with Crippen LogP contribution in [0.25, 0.3) is 22.2 Å². The molecule has 5 rings (SSSR count). The zero-order valence-corrected chi connectivity index (χ0v) is 15.1. The predicted molar refractivity (Wildman–Crippen MR) is 105 cm³/mol. The maximum Gasteiger partial charge on any atom is 0.269 e. The molecule has 0 bridgehead atoms. The van der Waals surface area contributed by atoms with Crippen LogP contribution < -0.4 is 11.1 Å². The number of nitrogens with zero attached hydrogens (tertiary/aromatic N) is 2. The van der Waals surface area contributed by atoms with Crippen LogP contribution in [0.4, 0.5) is 10.1 Å². The minimum atomic E-state index is -0.662. The minimum absolute atomic E-state index is 0.0912. The van der Waals surface area contributed by atoms with Crippen LogP contribution in [0.3, 0.4) is 0 Å². The fourth-order valence-corrected chi connectivity index (χ4v) is 4.02. The number of rotatable bonds is 2. The van der Waals surface area contributed by atoms with Crippen LogP contribution in [0.15, 0.2) is 48.7 Å². The molecule has 3 heterocycles. The van der Waals surface area contributed by atoms with E-state index in [0.29, 0.717) is 21.8 Å². The summed E-state index contributed by atoms with van der Waals surface area (Å²) in [6, 6.07) is 11.4. The lowest BCUT2D eigenvalue weighted by atomic mass is 9.95. The second kappa shape index (κ2) is 6.03. The number of halogens is 2. The monoisotopic (exact) mass is 393 g/mol. The van der Waals surface area contributed by atoms with E-state index < -0.39 is 17.8 Å². The number of aromatic nitrogens is 3. The largest absolute Gasteiger partial charge is 0.374 e. The summed E-state index contributed by atoms with van der Waals surface area (Å²) in [4.78, 5) is 15.2. The first-order valence-corrected chi connectivity index (χ1v) is 8.90. The first-order valence-electron chi connectivity index (χ1n) is 8.53. The molecule has 4 aromatic rings. The van der Waals surface area contributed by atoms with E-state index in [-0.39, 0.29) is 5.69 Å². The lowest BCUT2D eigenvalue weighted by Gasteiger charge is -2.20. The highest BCUT2D eigenvalue weighted by Crippen LogP contribution is 2.45. The van der Waals surface area contributed by atoms with Crippen molar-refractivity contribution in [1.82, 2.24) is 15.2 Å². The molecule has 1 atom stereocenters. The SMILES string of the molecule is NC(=O)c1nnc2[nH]cc3c2c1-c1ccccc1NC3c1ccc(F)cc1Cl. The Morgan fingerprint density at radius 2 is 1.96 bits per heavy atom. The Bertz CT molecular complexity index is 1270. The number of hydrogen-bond acceptors (Lipinski definition) is 4. The van der Waals surface area contributed by atoms with E-state index in [1.807, 2.05) is 24.3 Å². The number of fused-ring (bicyclic) bond motifs is 2. The number of para-hydroxylation sites is 1. The number of nitrogens with one attached hydrogen (secondary N) is 2. The van der Waals surface area contributed by atoms with Gasteiger partial charge in [-0.2, -0.15) is 0 Å². The highest BCUT2D eigenvalue weighted by Gasteiger charge is 2.30. The topological polar surface area (TPSA) is 96.7 Å². The van der Waals surface area contributed by atoms with Gasteiger partial charge in [0.1, 0.15) is 5.82 Å². The molecular formula is C20H13ClFN5O. The minimum Gasteiger partial charge on any atom is -0.374 e. The average molecular weight is 394 g/mol. The number of hydrogen-bond donors (Lipinski definition) is 3. The molecule has 0 radical (unpaired) electrons. The summed E-state index contributed by atoms with van der Waals surface area (Å²) < 4.78 is 13.6. The number of carbonyl (C=O) groups excluding carboxylic acids is 1. The number of primary amides is 1. The van der Waals surface area contributed by atoms with Gasteiger partial charge in [0.15, 0.2) is 11.3 Å².